The van der Waals surface area contributed by atoms with E-state index in [2.05, 4.69) is 20.9 Å². The standard InChI is InChI=1S/C12H9BrFN3O2/c13-7-3-6-10(4-8(7)14)19-2-1-17-5-9(11(15)18)16-12(6)17/h3-5H,1-2H2,(H2,15,18). The highest BCUT2D eigenvalue weighted by Crippen LogP contribution is 2.35. The molecule has 7 heteroatoms. The quantitative estimate of drug-likeness (QED) is 0.871. The molecule has 0 radical (unpaired) electrons. The Bertz CT molecular complexity index is 684. The number of rotatable bonds is 1. The van der Waals surface area contributed by atoms with E-state index in [9.17, 15) is 9.18 Å². The zero-order valence-electron chi connectivity index (χ0n) is 9.69. The molecule has 0 atom stereocenters. The van der Waals surface area contributed by atoms with Crippen LogP contribution in [0.15, 0.2) is 22.8 Å². The smallest absolute Gasteiger partial charge is 0.268 e. The first-order valence-electron chi connectivity index (χ1n) is 5.55. The summed E-state index contributed by atoms with van der Waals surface area (Å²) in [5.41, 5.74) is 6.03. The lowest BCUT2D eigenvalue weighted by Gasteiger charge is -2.07. The Morgan fingerprint density at radius 1 is 1.53 bits per heavy atom. The maximum atomic E-state index is 13.5. The summed E-state index contributed by atoms with van der Waals surface area (Å²) >= 11 is 3.13. The fourth-order valence-electron chi connectivity index (χ4n) is 2.00. The molecule has 1 aromatic heterocycles. The van der Waals surface area contributed by atoms with Gasteiger partial charge in [-0.15, -0.1) is 0 Å². The van der Waals surface area contributed by atoms with Crippen molar-refractivity contribution in [3.8, 4) is 17.1 Å². The van der Waals surface area contributed by atoms with Gasteiger partial charge in [0, 0.05) is 12.3 Å². The Kier molecular flexibility index (Phi) is 2.78. The summed E-state index contributed by atoms with van der Waals surface area (Å²) in [7, 11) is 0. The van der Waals surface area contributed by atoms with Crippen molar-refractivity contribution in [1.29, 1.82) is 0 Å². The normalized spacial score (nSPS) is 13.2. The molecule has 2 aromatic rings. The minimum absolute atomic E-state index is 0.184. The minimum atomic E-state index is -0.593. The molecule has 1 aliphatic heterocycles. The van der Waals surface area contributed by atoms with Gasteiger partial charge in [0.25, 0.3) is 5.91 Å². The highest BCUT2D eigenvalue weighted by Gasteiger charge is 2.21. The van der Waals surface area contributed by atoms with E-state index < -0.39 is 11.7 Å². The van der Waals surface area contributed by atoms with Crippen molar-refractivity contribution in [1.82, 2.24) is 9.55 Å². The van der Waals surface area contributed by atoms with Crippen LogP contribution in [-0.4, -0.2) is 22.1 Å². The minimum Gasteiger partial charge on any atom is -0.491 e. The number of nitrogens with zero attached hydrogens (tertiary/aromatic N) is 2. The molecule has 0 bridgehead atoms. The average molecular weight is 326 g/mol. The number of amides is 1. The molecule has 0 aliphatic carbocycles. The Morgan fingerprint density at radius 2 is 2.32 bits per heavy atom. The zero-order valence-corrected chi connectivity index (χ0v) is 11.3. The summed E-state index contributed by atoms with van der Waals surface area (Å²) in [6.07, 6.45) is 1.58. The van der Waals surface area contributed by atoms with Gasteiger partial charge in [0.15, 0.2) is 0 Å². The third kappa shape index (κ3) is 1.99. The molecule has 3 rings (SSSR count). The molecule has 0 saturated carbocycles. The van der Waals surface area contributed by atoms with Gasteiger partial charge in [0.05, 0.1) is 16.6 Å². The van der Waals surface area contributed by atoms with Crippen LogP contribution < -0.4 is 10.5 Å². The fraction of sp³-hybridized carbons (Fsp3) is 0.167. The number of ether oxygens (including phenoxy) is 1. The number of hydrogen-bond acceptors (Lipinski definition) is 3. The first kappa shape index (κ1) is 12.2. The van der Waals surface area contributed by atoms with Gasteiger partial charge in [0.2, 0.25) is 0 Å². The summed E-state index contributed by atoms with van der Waals surface area (Å²) in [6, 6.07) is 2.88. The predicted octanol–water partition coefficient (Wildman–Crippen LogP) is 1.94. The number of fused-ring (bicyclic) bond motifs is 3. The van der Waals surface area contributed by atoms with Gasteiger partial charge in [-0.25, -0.2) is 9.37 Å². The summed E-state index contributed by atoms with van der Waals surface area (Å²) in [6.45, 7) is 0.888. The lowest BCUT2D eigenvalue weighted by atomic mass is 10.2. The summed E-state index contributed by atoms with van der Waals surface area (Å²) in [5, 5.41) is 0. The second kappa shape index (κ2) is 4.34. The van der Waals surface area contributed by atoms with Crippen molar-refractivity contribution in [2.75, 3.05) is 6.61 Å². The Hall–Kier alpha value is -1.89. The van der Waals surface area contributed by atoms with Crippen LogP contribution in [0.3, 0.4) is 0 Å². The molecule has 1 aromatic carbocycles. The molecule has 1 aliphatic rings. The van der Waals surface area contributed by atoms with E-state index in [1.54, 1.807) is 16.8 Å². The van der Waals surface area contributed by atoms with Gasteiger partial charge in [-0.3, -0.25) is 4.79 Å². The monoisotopic (exact) mass is 325 g/mol. The number of nitrogens with two attached hydrogens (primary N) is 1. The van der Waals surface area contributed by atoms with Crippen molar-refractivity contribution in [2.45, 2.75) is 6.54 Å². The second-order valence-corrected chi connectivity index (χ2v) is 4.97. The largest absolute Gasteiger partial charge is 0.491 e. The number of aromatic nitrogens is 2. The van der Waals surface area contributed by atoms with E-state index in [1.165, 1.54) is 6.07 Å². The van der Waals surface area contributed by atoms with E-state index in [4.69, 9.17) is 10.5 Å². The topological polar surface area (TPSA) is 70.1 Å². The molecule has 0 saturated heterocycles. The number of halogens is 2. The first-order valence-corrected chi connectivity index (χ1v) is 6.35. The third-order valence-electron chi connectivity index (χ3n) is 2.88. The van der Waals surface area contributed by atoms with Crippen molar-refractivity contribution in [3.63, 3.8) is 0 Å². The molecule has 2 N–H and O–H groups in total. The SMILES string of the molecule is NC(=O)c1cn2c(n1)-c1cc(Br)c(F)cc1OCC2. The van der Waals surface area contributed by atoms with Gasteiger partial charge in [0.1, 0.15) is 29.7 Å². The van der Waals surface area contributed by atoms with Gasteiger partial charge in [-0.1, -0.05) is 0 Å². The van der Waals surface area contributed by atoms with E-state index in [-0.39, 0.29) is 5.69 Å². The third-order valence-corrected chi connectivity index (χ3v) is 3.49. The maximum absolute atomic E-state index is 13.5. The molecule has 1 amide bonds. The summed E-state index contributed by atoms with van der Waals surface area (Å²) < 4.78 is 21.1. The number of primary amides is 1. The Morgan fingerprint density at radius 3 is 3.05 bits per heavy atom. The van der Waals surface area contributed by atoms with E-state index in [0.717, 1.165) is 0 Å². The molecule has 2 heterocycles. The Labute approximate surface area is 116 Å². The van der Waals surface area contributed by atoms with Crippen LogP contribution in [0.1, 0.15) is 10.5 Å². The lowest BCUT2D eigenvalue weighted by Crippen LogP contribution is -2.11. The van der Waals surface area contributed by atoms with Crippen LogP contribution in [-0.2, 0) is 6.54 Å². The van der Waals surface area contributed by atoms with E-state index in [0.29, 0.717) is 34.8 Å². The number of imidazole rings is 1. The number of hydrogen-bond donors (Lipinski definition) is 1. The van der Waals surface area contributed by atoms with E-state index >= 15 is 0 Å². The fourth-order valence-corrected chi connectivity index (χ4v) is 2.34. The van der Waals surface area contributed by atoms with Crippen LogP contribution in [0.25, 0.3) is 11.4 Å². The highest BCUT2D eigenvalue weighted by molar-refractivity contribution is 9.10. The molecular formula is C12H9BrFN3O2. The number of benzene rings is 1. The van der Waals surface area contributed by atoms with Gasteiger partial charge in [-0.05, 0) is 22.0 Å². The van der Waals surface area contributed by atoms with E-state index in [1.807, 2.05) is 0 Å². The second-order valence-electron chi connectivity index (χ2n) is 4.12. The maximum Gasteiger partial charge on any atom is 0.268 e. The molecule has 0 fully saturated rings. The Balaban J connectivity index is 2.23. The van der Waals surface area contributed by atoms with Crippen LogP contribution in [0.4, 0.5) is 4.39 Å². The zero-order chi connectivity index (χ0) is 13.6. The van der Waals surface area contributed by atoms with Crippen molar-refractivity contribution in [3.05, 3.63) is 34.3 Å². The average Bonchev–Trinajstić information content (AvgIpc) is 2.71. The van der Waals surface area contributed by atoms with Crippen LogP contribution in [0.5, 0.6) is 5.75 Å². The van der Waals surface area contributed by atoms with Crippen LogP contribution >= 0.6 is 15.9 Å². The van der Waals surface area contributed by atoms with Crippen molar-refractivity contribution >= 4 is 21.8 Å². The summed E-state index contributed by atoms with van der Waals surface area (Å²) in [5.74, 6) is -0.0545. The molecule has 0 spiro atoms. The highest BCUT2D eigenvalue weighted by atomic mass is 79.9. The lowest BCUT2D eigenvalue weighted by molar-refractivity contribution is 0.0996. The number of carbonyl (C=O) groups excluding carboxylic acids is 1. The van der Waals surface area contributed by atoms with Crippen molar-refractivity contribution in [2.24, 2.45) is 5.73 Å². The molecule has 19 heavy (non-hydrogen) atoms. The molecule has 98 valence electrons. The van der Waals surface area contributed by atoms with Crippen LogP contribution in [0.2, 0.25) is 0 Å². The molecular weight excluding hydrogens is 317 g/mol. The van der Waals surface area contributed by atoms with Crippen LogP contribution in [0, 0.1) is 5.82 Å². The molecule has 5 nitrogen and oxygen atoms in total. The van der Waals surface area contributed by atoms with Crippen molar-refractivity contribution < 1.29 is 13.9 Å². The number of carbonyl (C=O) groups is 1. The summed E-state index contributed by atoms with van der Waals surface area (Å²) in [4.78, 5) is 15.4. The van der Waals surface area contributed by atoms with Gasteiger partial charge in [-0.2, -0.15) is 0 Å². The molecule has 0 unspecified atom stereocenters. The first-order chi connectivity index (χ1) is 9.06. The predicted molar refractivity (Wildman–Crippen MR) is 69.3 cm³/mol. The van der Waals surface area contributed by atoms with Gasteiger partial charge >= 0.3 is 0 Å². The van der Waals surface area contributed by atoms with Gasteiger partial charge < -0.3 is 15.0 Å².